The Hall–Kier alpha value is -1.43. The molecule has 0 fully saturated rings. The standard InChI is InChI=1S/C16H15BrO3S/c1-21(19,20)16-7-5-13(6-8-16)14(11-18)9-12-3-2-4-15(17)10-12/h2-10,18H,11H2,1H3/b14-9-. The van der Waals surface area contributed by atoms with Crippen molar-refractivity contribution in [1.29, 1.82) is 0 Å². The molecule has 2 aromatic rings. The number of benzene rings is 2. The first-order valence-electron chi connectivity index (χ1n) is 6.27. The van der Waals surface area contributed by atoms with Crippen molar-refractivity contribution in [2.45, 2.75) is 4.90 Å². The second kappa shape index (κ2) is 6.56. The summed E-state index contributed by atoms with van der Waals surface area (Å²) in [5, 5.41) is 9.54. The number of aliphatic hydroxyl groups is 1. The quantitative estimate of drug-likeness (QED) is 0.843. The first-order chi connectivity index (χ1) is 9.90. The molecule has 0 saturated heterocycles. The van der Waals surface area contributed by atoms with Crippen LogP contribution < -0.4 is 0 Å². The molecule has 0 saturated carbocycles. The molecule has 3 nitrogen and oxygen atoms in total. The average molecular weight is 367 g/mol. The number of rotatable bonds is 4. The van der Waals surface area contributed by atoms with Gasteiger partial charge in [-0.1, -0.05) is 40.2 Å². The second-order valence-electron chi connectivity index (χ2n) is 4.68. The van der Waals surface area contributed by atoms with Crippen molar-refractivity contribution < 1.29 is 13.5 Å². The Morgan fingerprint density at radius 2 is 1.86 bits per heavy atom. The van der Waals surface area contributed by atoms with Gasteiger partial charge >= 0.3 is 0 Å². The molecule has 0 radical (unpaired) electrons. The van der Waals surface area contributed by atoms with E-state index in [1.54, 1.807) is 24.3 Å². The molecular formula is C16H15BrO3S. The number of sulfone groups is 1. The van der Waals surface area contributed by atoms with Gasteiger partial charge in [-0.15, -0.1) is 0 Å². The predicted octanol–water partition coefficient (Wildman–Crippen LogP) is 3.39. The highest BCUT2D eigenvalue weighted by molar-refractivity contribution is 9.10. The fourth-order valence-corrected chi connectivity index (χ4v) is 2.98. The van der Waals surface area contributed by atoms with Crippen LogP contribution in [0.5, 0.6) is 0 Å². The molecular weight excluding hydrogens is 352 g/mol. The lowest BCUT2D eigenvalue weighted by Crippen LogP contribution is -1.97. The summed E-state index contributed by atoms with van der Waals surface area (Å²) in [4.78, 5) is 0.269. The molecule has 2 aromatic carbocycles. The molecule has 0 aliphatic heterocycles. The minimum absolute atomic E-state index is 0.120. The Morgan fingerprint density at radius 3 is 2.38 bits per heavy atom. The van der Waals surface area contributed by atoms with Crippen molar-refractivity contribution in [3.05, 3.63) is 64.1 Å². The summed E-state index contributed by atoms with van der Waals surface area (Å²) in [7, 11) is -3.20. The van der Waals surface area contributed by atoms with Gasteiger partial charge in [-0.25, -0.2) is 8.42 Å². The molecule has 5 heteroatoms. The lowest BCUT2D eigenvalue weighted by atomic mass is 10.0. The molecule has 1 N–H and O–H groups in total. The van der Waals surface area contributed by atoms with Gasteiger partial charge < -0.3 is 5.11 Å². The average Bonchev–Trinajstić information content (AvgIpc) is 2.44. The van der Waals surface area contributed by atoms with Crippen LogP contribution in [-0.2, 0) is 9.84 Å². The third-order valence-electron chi connectivity index (χ3n) is 3.01. The Balaban J connectivity index is 2.38. The van der Waals surface area contributed by atoms with Crippen LogP contribution in [0.2, 0.25) is 0 Å². The molecule has 0 spiro atoms. The van der Waals surface area contributed by atoms with E-state index in [4.69, 9.17) is 0 Å². The molecule has 21 heavy (non-hydrogen) atoms. The monoisotopic (exact) mass is 366 g/mol. The predicted molar refractivity (Wildman–Crippen MR) is 88.7 cm³/mol. The maximum Gasteiger partial charge on any atom is 0.175 e. The van der Waals surface area contributed by atoms with Crippen molar-refractivity contribution in [2.75, 3.05) is 12.9 Å². The van der Waals surface area contributed by atoms with Crippen LogP contribution in [0.3, 0.4) is 0 Å². The molecule has 0 heterocycles. The Bertz CT molecular complexity index is 762. The van der Waals surface area contributed by atoms with Crippen molar-refractivity contribution >= 4 is 37.4 Å². The molecule has 0 unspecified atom stereocenters. The third-order valence-corrected chi connectivity index (χ3v) is 4.63. The van der Waals surface area contributed by atoms with E-state index in [-0.39, 0.29) is 11.5 Å². The minimum Gasteiger partial charge on any atom is -0.392 e. The number of aliphatic hydroxyl groups excluding tert-OH is 1. The van der Waals surface area contributed by atoms with Crippen LogP contribution in [0.15, 0.2) is 57.9 Å². The summed E-state index contributed by atoms with van der Waals surface area (Å²) >= 11 is 3.40. The summed E-state index contributed by atoms with van der Waals surface area (Å²) in [5.41, 5.74) is 2.48. The summed E-state index contributed by atoms with van der Waals surface area (Å²) in [5.74, 6) is 0. The molecule has 0 amide bonds. The first kappa shape index (κ1) is 15.9. The van der Waals surface area contributed by atoms with E-state index in [1.807, 2.05) is 30.3 Å². The normalized spacial score (nSPS) is 12.4. The van der Waals surface area contributed by atoms with Crippen LogP contribution in [0.25, 0.3) is 11.6 Å². The van der Waals surface area contributed by atoms with Gasteiger partial charge in [0.2, 0.25) is 0 Å². The van der Waals surface area contributed by atoms with Gasteiger partial charge in [0.1, 0.15) is 0 Å². The molecule has 0 atom stereocenters. The second-order valence-corrected chi connectivity index (χ2v) is 7.61. The number of hydrogen-bond donors (Lipinski definition) is 1. The lowest BCUT2D eigenvalue weighted by Gasteiger charge is -2.06. The molecule has 0 aliphatic carbocycles. The molecule has 0 aromatic heterocycles. The van der Waals surface area contributed by atoms with Crippen LogP contribution in [0.4, 0.5) is 0 Å². The smallest absolute Gasteiger partial charge is 0.175 e. The van der Waals surface area contributed by atoms with Gasteiger partial charge in [-0.3, -0.25) is 0 Å². The molecule has 0 aliphatic rings. The summed E-state index contributed by atoms with van der Waals surface area (Å²) in [6.45, 7) is -0.120. The summed E-state index contributed by atoms with van der Waals surface area (Å²) < 4.78 is 23.8. The third kappa shape index (κ3) is 4.27. The summed E-state index contributed by atoms with van der Waals surface area (Å²) in [6.07, 6.45) is 3.05. The molecule has 110 valence electrons. The summed E-state index contributed by atoms with van der Waals surface area (Å²) in [6, 6.07) is 14.2. The highest BCUT2D eigenvalue weighted by Gasteiger charge is 2.07. The highest BCUT2D eigenvalue weighted by atomic mass is 79.9. The molecule has 0 bridgehead atoms. The van der Waals surface area contributed by atoms with Gasteiger partial charge in [0, 0.05) is 10.7 Å². The van der Waals surface area contributed by atoms with Gasteiger partial charge in [0.25, 0.3) is 0 Å². The maximum absolute atomic E-state index is 11.4. The zero-order valence-corrected chi connectivity index (χ0v) is 13.9. The van der Waals surface area contributed by atoms with Crippen molar-refractivity contribution in [3.63, 3.8) is 0 Å². The van der Waals surface area contributed by atoms with Gasteiger partial charge in [-0.2, -0.15) is 0 Å². The van der Waals surface area contributed by atoms with E-state index in [0.29, 0.717) is 0 Å². The largest absolute Gasteiger partial charge is 0.392 e. The molecule has 2 rings (SSSR count). The van der Waals surface area contributed by atoms with E-state index >= 15 is 0 Å². The number of hydrogen-bond acceptors (Lipinski definition) is 3. The van der Waals surface area contributed by atoms with E-state index in [2.05, 4.69) is 15.9 Å². The van der Waals surface area contributed by atoms with Crippen LogP contribution in [0.1, 0.15) is 11.1 Å². The minimum atomic E-state index is -3.20. The number of halogens is 1. The Labute approximate surface area is 133 Å². The maximum atomic E-state index is 11.4. The van der Waals surface area contributed by atoms with E-state index in [1.165, 1.54) is 6.26 Å². The van der Waals surface area contributed by atoms with Gasteiger partial charge in [0.15, 0.2) is 9.84 Å². The fraction of sp³-hybridized carbons (Fsp3) is 0.125. The van der Waals surface area contributed by atoms with E-state index < -0.39 is 9.84 Å². The lowest BCUT2D eigenvalue weighted by molar-refractivity contribution is 0.351. The van der Waals surface area contributed by atoms with Crippen LogP contribution in [-0.4, -0.2) is 26.4 Å². The van der Waals surface area contributed by atoms with E-state index in [9.17, 15) is 13.5 Å². The first-order valence-corrected chi connectivity index (χ1v) is 8.96. The van der Waals surface area contributed by atoms with Crippen LogP contribution in [0, 0.1) is 0 Å². The Morgan fingerprint density at radius 1 is 1.19 bits per heavy atom. The van der Waals surface area contributed by atoms with E-state index in [0.717, 1.165) is 21.2 Å². The fourth-order valence-electron chi connectivity index (χ4n) is 1.93. The topological polar surface area (TPSA) is 54.4 Å². The van der Waals surface area contributed by atoms with Gasteiger partial charge in [0.05, 0.1) is 11.5 Å². The van der Waals surface area contributed by atoms with Crippen molar-refractivity contribution in [1.82, 2.24) is 0 Å². The van der Waals surface area contributed by atoms with Crippen molar-refractivity contribution in [2.24, 2.45) is 0 Å². The highest BCUT2D eigenvalue weighted by Crippen LogP contribution is 2.21. The SMILES string of the molecule is CS(=O)(=O)c1ccc(/C(=C\c2cccc(Br)c2)CO)cc1. The zero-order valence-electron chi connectivity index (χ0n) is 11.5. The Kier molecular flexibility index (Phi) is 4.98. The zero-order chi connectivity index (χ0) is 15.5. The van der Waals surface area contributed by atoms with Gasteiger partial charge in [-0.05, 0) is 47.0 Å². The van der Waals surface area contributed by atoms with Crippen LogP contribution >= 0.6 is 15.9 Å². The van der Waals surface area contributed by atoms with Crippen molar-refractivity contribution in [3.8, 4) is 0 Å².